The molecule has 0 aliphatic heterocycles. The van der Waals surface area contributed by atoms with Gasteiger partial charge in [0.05, 0.1) is 18.4 Å². The first kappa shape index (κ1) is 19.7. The minimum absolute atomic E-state index is 0.0191. The molecule has 0 radical (unpaired) electrons. The molecule has 1 N–H and O–H groups in total. The number of thioether (sulfide) groups is 1. The molecular weight excluding hydrogens is 398 g/mol. The molecule has 4 rings (SSSR count). The largest absolute Gasteiger partial charge is 0.507 e. The predicted octanol–water partition coefficient (Wildman–Crippen LogP) is 4.62. The normalized spacial score (nSPS) is 10.7. The van der Waals surface area contributed by atoms with Crippen LogP contribution in [0.5, 0.6) is 11.5 Å². The maximum absolute atomic E-state index is 12.6. The Hall–Kier alpha value is -3.58. The number of rotatable bonds is 7. The molecule has 3 aromatic carbocycles. The van der Waals surface area contributed by atoms with E-state index in [1.165, 1.54) is 11.8 Å². The van der Waals surface area contributed by atoms with E-state index in [0.29, 0.717) is 27.9 Å². The summed E-state index contributed by atoms with van der Waals surface area (Å²) in [5, 5.41) is 19.5. The number of aromatic nitrogens is 3. The van der Waals surface area contributed by atoms with Crippen molar-refractivity contribution in [3.63, 3.8) is 0 Å². The van der Waals surface area contributed by atoms with Gasteiger partial charge < -0.3 is 9.84 Å². The van der Waals surface area contributed by atoms with Crippen molar-refractivity contribution < 1.29 is 14.6 Å². The van der Waals surface area contributed by atoms with Crippen molar-refractivity contribution in [2.24, 2.45) is 0 Å². The Morgan fingerprint density at radius 2 is 1.67 bits per heavy atom. The number of para-hydroxylation sites is 2. The number of aromatic hydroxyl groups is 1. The maximum Gasteiger partial charge on any atom is 0.196 e. The fraction of sp³-hybridized carbons (Fsp3) is 0.0870. The molecule has 0 aliphatic carbocycles. The number of nitrogens with zero attached hydrogens (tertiary/aromatic N) is 3. The SMILES string of the molecule is COc1ccc(C(=O)CSc2nnc(-c3ccccc3O)n2-c2ccccc2)cc1. The van der Waals surface area contributed by atoms with Gasteiger partial charge in [-0.2, -0.15) is 0 Å². The van der Waals surface area contributed by atoms with Crippen LogP contribution in [0.2, 0.25) is 0 Å². The van der Waals surface area contributed by atoms with E-state index in [-0.39, 0.29) is 17.3 Å². The number of ether oxygens (including phenoxy) is 1. The zero-order chi connectivity index (χ0) is 20.9. The van der Waals surface area contributed by atoms with Gasteiger partial charge in [-0.15, -0.1) is 10.2 Å². The Bertz CT molecular complexity index is 1160. The van der Waals surface area contributed by atoms with Crippen molar-refractivity contribution in [1.82, 2.24) is 14.8 Å². The fourth-order valence-electron chi connectivity index (χ4n) is 3.00. The number of carbonyl (C=O) groups is 1. The van der Waals surface area contributed by atoms with Crippen molar-refractivity contribution in [3.8, 4) is 28.6 Å². The lowest BCUT2D eigenvalue weighted by molar-refractivity contribution is 0.102. The molecule has 0 atom stereocenters. The van der Waals surface area contributed by atoms with Gasteiger partial charge >= 0.3 is 0 Å². The number of ketones is 1. The first-order valence-corrected chi connectivity index (χ1v) is 10.2. The van der Waals surface area contributed by atoms with Crippen LogP contribution in [-0.4, -0.2) is 38.5 Å². The Morgan fingerprint density at radius 1 is 0.967 bits per heavy atom. The van der Waals surface area contributed by atoms with Crippen LogP contribution in [0.3, 0.4) is 0 Å². The van der Waals surface area contributed by atoms with Crippen LogP contribution in [0.15, 0.2) is 84.0 Å². The second-order valence-corrected chi connectivity index (χ2v) is 7.38. The highest BCUT2D eigenvalue weighted by Gasteiger charge is 2.19. The van der Waals surface area contributed by atoms with Crippen molar-refractivity contribution in [1.29, 1.82) is 0 Å². The van der Waals surface area contributed by atoms with Crippen molar-refractivity contribution in [3.05, 3.63) is 84.4 Å². The molecule has 0 saturated carbocycles. The van der Waals surface area contributed by atoms with Gasteiger partial charge in [-0.25, -0.2) is 0 Å². The second-order valence-electron chi connectivity index (χ2n) is 6.43. The van der Waals surface area contributed by atoms with Gasteiger partial charge in [0.1, 0.15) is 11.5 Å². The molecule has 1 aromatic heterocycles. The molecule has 0 saturated heterocycles. The van der Waals surface area contributed by atoms with Gasteiger partial charge in [0, 0.05) is 11.3 Å². The lowest BCUT2D eigenvalue weighted by Crippen LogP contribution is -2.05. The highest BCUT2D eigenvalue weighted by atomic mass is 32.2. The number of Topliss-reactive ketones (excluding diaryl/α,β-unsaturated/α-hetero) is 1. The van der Waals surface area contributed by atoms with Gasteiger partial charge in [0.15, 0.2) is 16.8 Å². The van der Waals surface area contributed by atoms with E-state index in [2.05, 4.69) is 10.2 Å². The molecule has 150 valence electrons. The van der Waals surface area contributed by atoms with E-state index in [1.54, 1.807) is 49.6 Å². The van der Waals surface area contributed by atoms with Crippen LogP contribution in [0.25, 0.3) is 17.1 Å². The van der Waals surface area contributed by atoms with Crippen molar-refractivity contribution >= 4 is 17.5 Å². The van der Waals surface area contributed by atoms with Crippen molar-refractivity contribution in [2.75, 3.05) is 12.9 Å². The van der Waals surface area contributed by atoms with Crippen LogP contribution in [-0.2, 0) is 0 Å². The fourth-order valence-corrected chi connectivity index (χ4v) is 3.85. The van der Waals surface area contributed by atoms with Gasteiger partial charge in [0.25, 0.3) is 0 Å². The van der Waals surface area contributed by atoms with E-state index < -0.39 is 0 Å². The number of hydrogen-bond donors (Lipinski definition) is 1. The summed E-state index contributed by atoms with van der Waals surface area (Å²) in [6.45, 7) is 0. The van der Waals surface area contributed by atoms with Gasteiger partial charge in [-0.05, 0) is 48.5 Å². The Balaban J connectivity index is 1.65. The highest BCUT2D eigenvalue weighted by molar-refractivity contribution is 7.99. The number of benzene rings is 3. The summed E-state index contributed by atoms with van der Waals surface area (Å²) in [5.74, 6) is 1.52. The topological polar surface area (TPSA) is 77.2 Å². The lowest BCUT2D eigenvalue weighted by Gasteiger charge is -2.11. The number of hydrogen-bond acceptors (Lipinski definition) is 6. The molecule has 7 heteroatoms. The lowest BCUT2D eigenvalue weighted by atomic mass is 10.1. The van der Waals surface area contributed by atoms with E-state index in [0.717, 1.165) is 5.69 Å². The number of phenolic OH excluding ortho intramolecular Hbond substituents is 1. The monoisotopic (exact) mass is 417 g/mol. The molecule has 4 aromatic rings. The third kappa shape index (κ3) is 4.06. The molecule has 1 heterocycles. The van der Waals surface area contributed by atoms with Gasteiger partial charge in [-0.1, -0.05) is 42.1 Å². The summed E-state index contributed by atoms with van der Waals surface area (Å²) in [6, 6.07) is 23.6. The molecule has 0 aliphatic rings. The van der Waals surface area contributed by atoms with E-state index in [4.69, 9.17) is 4.74 Å². The molecule has 0 unspecified atom stereocenters. The van der Waals surface area contributed by atoms with Gasteiger partial charge in [-0.3, -0.25) is 9.36 Å². The van der Waals surface area contributed by atoms with Crippen LogP contribution in [0, 0.1) is 0 Å². The van der Waals surface area contributed by atoms with Crippen LogP contribution in [0.1, 0.15) is 10.4 Å². The summed E-state index contributed by atoms with van der Waals surface area (Å²) < 4.78 is 6.99. The molecule has 0 amide bonds. The van der Waals surface area contributed by atoms with Gasteiger partial charge in [0.2, 0.25) is 0 Å². The third-order valence-electron chi connectivity index (χ3n) is 4.54. The molecule has 6 nitrogen and oxygen atoms in total. The van der Waals surface area contributed by atoms with Crippen LogP contribution < -0.4 is 4.74 Å². The summed E-state index contributed by atoms with van der Waals surface area (Å²) in [4.78, 5) is 12.6. The zero-order valence-electron chi connectivity index (χ0n) is 16.2. The molecule has 0 spiro atoms. The van der Waals surface area contributed by atoms with Crippen molar-refractivity contribution in [2.45, 2.75) is 5.16 Å². The number of phenols is 1. The highest BCUT2D eigenvalue weighted by Crippen LogP contribution is 2.32. The molecular formula is C23H19N3O3S. The minimum Gasteiger partial charge on any atom is -0.507 e. The Kier molecular flexibility index (Phi) is 5.81. The Morgan fingerprint density at radius 3 is 2.37 bits per heavy atom. The molecule has 0 fully saturated rings. The average Bonchev–Trinajstić information content (AvgIpc) is 3.22. The van der Waals surface area contributed by atoms with E-state index in [1.807, 2.05) is 41.0 Å². The predicted molar refractivity (Wildman–Crippen MR) is 117 cm³/mol. The first-order valence-electron chi connectivity index (χ1n) is 9.26. The number of methoxy groups -OCH3 is 1. The Labute approximate surface area is 178 Å². The summed E-state index contributed by atoms with van der Waals surface area (Å²) in [5.41, 5.74) is 2.03. The zero-order valence-corrected chi connectivity index (χ0v) is 17.0. The summed E-state index contributed by atoms with van der Waals surface area (Å²) in [6.07, 6.45) is 0. The van der Waals surface area contributed by atoms with E-state index >= 15 is 0 Å². The quantitative estimate of drug-likeness (QED) is 0.349. The summed E-state index contributed by atoms with van der Waals surface area (Å²) >= 11 is 1.30. The second kappa shape index (κ2) is 8.84. The molecule has 0 bridgehead atoms. The minimum atomic E-state index is -0.0191. The smallest absolute Gasteiger partial charge is 0.196 e. The summed E-state index contributed by atoms with van der Waals surface area (Å²) in [7, 11) is 1.59. The van der Waals surface area contributed by atoms with Crippen LogP contribution in [0.4, 0.5) is 0 Å². The maximum atomic E-state index is 12.6. The third-order valence-corrected chi connectivity index (χ3v) is 5.47. The van der Waals surface area contributed by atoms with Crippen LogP contribution >= 0.6 is 11.8 Å². The number of carbonyl (C=O) groups excluding carboxylic acids is 1. The van der Waals surface area contributed by atoms with E-state index in [9.17, 15) is 9.90 Å². The average molecular weight is 417 g/mol. The molecule has 30 heavy (non-hydrogen) atoms. The first-order chi connectivity index (χ1) is 14.7. The standard InChI is InChI=1S/C23H19N3O3S/c1-29-18-13-11-16(12-14-18)21(28)15-30-23-25-24-22(19-9-5-6-10-20(19)27)26(23)17-7-3-2-4-8-17/h2-14,27H,15H2,1H3.